The Hall–Kier alpha value is -2.33. The predicted molar refractivity (Wildman–Crippen MR) is 80.3 cm³/mol. The highest BCUT2D eigenvalue weighted by Crippen LogP contribution is 2.38. The van der Waals surface area contributed by atoms with Crippen molar-refractivity contribution < 1.29 is 4.42 Å². The van der Waals surface area contributed by atoms with Gasteiger partial charge in [-0.15, -0.1) is 0 Å². The molecule has 0 saturated carbocycles. The molecule has 2 heterocycles. The molecule has 0 bridgehead atoms. The highest BCUT2D eigenvalue weighted by atomic mass is 32.2. The number of hydrogen-bond donors (Lipinski definition) is 0. The van der Waals surface area contributed by atoms with Gasteiger partial charge in [0.05, 0.1) is 16.6 Å². The smallest absolute Gasteiger partial charge is 0.202 e. The van der Waals surface area contributed by atoms with E-state index in [4.69, 9.17) is 4.42 Å². The second-order valence-corrected chi connectivity index (χ2v) is 5.47. The van der Waals surface area contributed by atoms with E-state index in [1.54, 1.807) is 12.3 Å². The maximum Gasteiger partial charge on any atom is 0.202 e. The largest absolute Gasteiger partial charge is 0.449 e. The molecule has 96 valence electrons. The fourth-order valence-corrected chi connectivity index (χ4v) is 3.17. The van der Waals surface area contributed by atoms with E-state index in [2.05, 4.69) is 4.99 Å². The standard InChI is InChI=1S/C16H9NO2S/c18-15-10-5-1-3-7-13(10)19-16-11(15)9-17-12-6-2-4-8-14(12)20-16/h1-9H. The molecule has 4 rings (SSSR count). The molecular weight excluding hydrogens is 270 g/mol. The fraction of sp³-hybridized carbons (Fsp3) is 0. The normalized spacial score (nSPS) is 12.8. The molecule has 0 unspecified atom stereocenters. The molecule has 0 radical (unpaired) electrons. The molecule has 1 aliphatic rings. The Kier molecular flexibility index (Phi) is 2.50. The van der Waals surface area contributed by atoms with Crippen molar-refractivity contribution in [1.82, 2.24) is 0 Å². The van der Waals surface area contributed by atoms with Crippen LogP contribution in [0.1, 0.15) is 5.56 Å². The first-order valence-electron chi connectivity index (χ1n) is 6.20. The van der Waals surface area contributed by atoms with Crippen molar-refractivity contribution in [3.05, 3.63) is 64.3 Å². The summed E-state index contributed by atoms with van der Waals surface area (Å²) >= 11 is 1.44. The van der Waals surface area contributed by atoms with Gasteiger partial charge in [0.2, 0.25) is 5.43 Å². The van der Waals surface area contributed by atoms with Crippen LogP contribution in [0.3, 0.4) is 0 Å². The molecule has 0 spiro atoms. The lowest BCUT2D eigenvalue weighted by molar-refractivity contribution is 0.498. The summed E-state index contributed by atoms with van der Waals surface area (Å²) in [5.41, 5.74) is 1.94. The van der Waals surface area contributed by atoms with Crippen molar-refractivity contribution in [3.63, 3.8) is 0 Å². The Bertz CT molecular complexity index is 912. The van der Waals surface area contributed by atoms with E-state index >= 15 is 0 Å². The molecule has 0 fully saturated rings. The van der Waals surface area contributed by atoms with Gasteiger partial charge < -0.3 is 4.42 Å². The van der Waals surface area contributed by atoms with Crippen molar-refractivity contribution in [2.24, 2.45) is 4.99 Å². The van der Waals surface area contributed by atoms with Crippen molar-refractivity contribution in [2.75, 3.05) is 0 Å². The van der Waals surface area contributed by atoms with Gasteiger partial charge in [-0.3, -0.25) is 9.79 Å². The molecular formula is C16H9NO2S. The average molecular weight is 279 g/mol. The lowest BCUT2D eigenvalue weighted by atomic mass is 10.2. The molecule has 2 aromatic carbocycles. The first-order valence-corrected chi connectivity index (χ1v) is 7.01. The quantitative estimate of drug-likeness (QED) is 0.488. The lowest BCUT2D eigenvalue weighted by Gasteiger charge is -2.04. The Morgan fingerprint density at radius 2 is 1.80 bits per heavy atom. The van der Waals surface area contributed by atoms with Gasteiger partial charge >= 0.3 is 0 Å². The molecule has 0 atom stereocenters. The van der Waals surface area contributed by atoms with Gasteiger partial charge in [0.15, 0.2) is 5.09 Å². The molecule has 20 heavy (non-hydrogen) atoms. The number of fused-ring (bicyclic) bond motifs is 3. The maximum absolute atomic E-state index is 12.5. The maximum atomic E-state index is 12.5. The van der Waals surface area contributed by atoms with E-state index in [1.807, 2.05) is 42.5 Å². The summed E-state index contributed by atoms with van der Waals surface area (Å²) in [4.78, 5) is 17.9. The highest BCUT2D eigenvalue weighted by molar-refractivity contribution is 7.99. The predicted octanol–water partition coefficient (Wildman–Crippen LogP) is 4.01. The first-order chi connectivity index (χ1) is 9.83. The van der Waals surface area contributed by atoms with Crippen molar-refractivity contribution in [2.45, 2.75) is 9.99 Å². The van der Waals surface area contributed by atoms with Crippen LogP contribution in [-0.4, -0.2) is 6.21 Å². The Labute approximate surface area is 119 Å². The molecule has 3 nitrogen and oxygen atoms in total. The fourth-order valence-electron chi connectivity index (χ4n) is 2.21. The second kappa shape index (κ2) is 4.35. The summed E-state index contributed by atoms with van der Waals surface area (Å²) < 4.78 is 5.87. The van der Waals surface area contributed by atoms with Gasteiger partial charge in [-0.05, 0) is 36.0 Å². The summed E-state index contributed by atoms with van der Waals surface area (Å²) in [6.45, 7) is 0. The van der Waals surface area contributed by atoms with Crippen LogP contribution in [0.2, 0.25) is 0 Å². The van der Waals surface area contributed by atoms with E-state index < -0.39 is 0 Å². The molecule has 0 amide bonds. The molecule has 1 aliphatic heterocycles. The monoisotopic (exact) mass is 279 g/mol. The Morgan fingerprint density at radius 1 is 1.00 bits per heavy atom. The number of para-hydroxylation sites is 2. The molecule has 0 aliphatic carbocycles. The van der Waals surface area contributed by atoms with Crippen LogP contribution in [0.15, 0.2) is 72.7 Å². The third-order valence-electron chi connectivity index (χ3n) is 3.20. The van der Waals surface area contributed by atoms with E-state index in [1.165, 1.54) is 11.8 Å². The third-order valence-corrected chi connectivity index (χ3v) is 4.25. The van der Waals surface area contributed by atoms with Gasteiger partial charge in [-0.2, -0.15) is 0 Å². The number of benzene rings is 2. The zero-order chi connectivity index (χ0) is 13.5. The van der Waals surface area contributed by atoms with Crippen LogP contribution in [0.4, 0.5) is 5.69 Å². The average Bonchev–Trinajstić information content (AvgIpc) is 2.66. The van der Waals surface area contributed by atoms with Crippen LogP contribution < -0.4 is 5.43 Å². The minimum absolute atomic E-state index is 0.0362. The van der Waals surface area contributed by atoms with E-state index in [0.29, 0.717) is 21.6 Å². The minimum Gasteiger partial charge on any atom is -0.449 e. The Balaban J connectivity index is 2.05. The SMILES string of the molecule is O=c1c2c(oc3ccccc13)Sc1ccccc1N=C2. The van der Waals surface area contributed by atoms with Crippen molar-refractivity contribution in [3.8, 4) is 0 Å². The highest BCUT2D eigenvalue weighted by Gasteiger charge is 2.17. The zero-order valence-corrected chi connectivity index (χ0v) is 11.2. The molecule has 0 saturated heterocycles. The minimum atomic E-state index is -0.0362. The molecule has 0 N–H and O–H groups in total. The number of rotatable bonds is 0. The summed E-state index contributed by atoms with van der Waals surface area (Å²) in [5.74, 6) is 0. The van der Waals surface area contributed by atoms with Crippen LogP contribution in [0.5, 0.6) is 0 Å². The van der Waals surface area contributed by atoms with Gasteiger partial charge in [-0.25, -0.2) is 0 Å². The van der Waals surface area contributed by atoms with Crippen LogP contribution in [0.25, 0.3) is 11.0 Å². The van der Waals surface area contributed by atoms with E-state index in [-0.39, 0.29) is 5.43 Å². The van der Waals surface area contributed by atoms with Gasteiger partial charge in [0.1, 0.15) is 5.58 Å². The van der Waals surface area contributed by atoms with Crippen molar-refractivity contribution in [1.29, 1.82) is 0 Å². The topological polar surface area (TPSA) is 42.6 Å². The van der Waals surface area contributed by atoms with Crippen molar-refractivity contribution >= 4 is 34.6 Å². The zero-order valence-electron chi connectivity index (χ0n) is 10.4. The summed E-state index contributed by atoms with van der Waals surface area (Å²) in [6.07, 6.45) is 1.60. The van der Waals surface area contributed by atoms with Crippen LogP contribution in [-0.2, 0) is 0 Å². The molecule has 4 heteroatoms. The molecule has 3 aromatic rings. The Morgan fingerprint density at radius 3 is 2.75 bits per heavy atom. The summed E-state index contributed by atoms with van der Waals surface area (Å²) in [5, 5.41) is 1.19. The van der Waals surface area contributed by atoms with Gasteiger partial charge in [0.25, 0.3) is 0 Å². The number of nitrogens with zero attached hydrogens (tertiary/aromatic N) is 1. The van der Waals surface area contributed by atoms with E-state index in [9.17, 15) is 4.79 Å². The number of hydrogen-bond acceptors (Lipinski definition) is 4. The second-order valence-electron chi connectivity index (χ2n) is 4.46. The van der Waals surface area contributed by atoms with Crippen LogP contribution >= 0.6 is 11.8 Å². The summed E-state index contributed by atoms with van der Waals surface area (Å²) in [7, 11) is 0. The number of aliphatic imine (C=N–C) groups is 1. The molecule has 1 aromatic heterocycles. The van der Waals surface area contributed by atoms with Gasteiger partial charge in [0, 0.05) is 11.1 Å². The van der Waals surface area contributed by atoms with E-state index in [0.717, 1.165) is 10.6 Å². The third kappa shape index (κ3) is 1.69. The lowest BCUT2D eigenvalue weighted by Crippen LogP contribution is -2.09. The first kappa shape index (κ1) is 11.5. The summed E-state index contributed by atoms with van der Waals surface area (Å²) in [6, 6.07) is 15.1. The van der Waals surface area contributed by atoms with Crippen LogP contribution in [0, 0.1) is 0 Å². The van der Waals surface area contributed by atoms with Gasteiger partial charge in [-0.1, -0.05) is 24.3 Å².